The maximum atomic E-state index is 11.4. The van der Waals surface area contributed by atoms with Gasteiger partial charge in [0, 0.05) is 5.25 Å². The molecule has 0 spiro atoms. The summed E-state index contributed by atoms with van der Waals surface area (Å²) >= 11 is 1.64. The van der Waals surface area contributed by atoms with E-state index in [-0.39, 0.29) is 5.69 Å². The van der Waals surface area contributed by atoms with E-state index in [0.29, 0.717) is 17.1 Å². The van der Waals surface area contributed by atoms with Crippen LogP contribution in [0.4, 0.5) is 0 Å². The van der Waals surface area contributed by atoms with Gasteiger partial charge in [0.1, 0.15) is 6.26 Å². The number of oxazole rings is 1. The SMILES string of the molecule is CCOC(=O)c1coc(SC2CCCC(C)C2)n1. The van der Waals surface area contributed by atoms with Crippen LogP contribution in [-0.2, 0) is 4.74 Å². The summed E-state index contributed by atoms with van der Waals surface area (Å²) in [7, 11) is 0. The minimum Gasteiger partial charge on any atom is -0.461 e. The molecule has 1 fully saturated rings. The van der Waals surface area contributed by atoms with E-state index in [4.69, 9.17) is 9.15 Å². The molecule has 1 heterocycles. The molecule has 100 valence electrons. The minimum atomic E-state index is -0.412. The molecule has 0 saturated heterocycles. The lowest BCUT2D eigenvalue weighted by Crippen LogP contribution is -2.14. The van der Waals surface area contributed by atoms with Crippen LogP contribution in [0.15, 0.2) is 15.9 Å². The van der Waals surface area contributed by atoms with Gasteiger partial charge in [-0.15, -0.1) is 0 Å². The molecule has 1 aliphatic carbocycles. The molecule has 2 unspecified atom stereocenters. The van der Waals surface area contributed by atoms with Gasteiger partial charge in [-0.05, 0) is 25.7 Å². The topological polar surface area (TPSA) is 52.3 Å². The molecule has 2 rings (SSSR count). The van der Waals surface area contributed by atoms with Crippen molar-refractivity contribution in [3.05, 3.63) is 12.0 Å². The summed E-state index contributed by atoms with van der Waals surface area (Å²) in [6.07, 6.45) is 6.36. The summed E-state index contributed by atoms with van der Waals surface area (Å²) in [5, 5.41) is 1.14. The van der Waals surface area contributed by atoms with Gasteiger partial charge in [-0.2, -0.15) is 4.98 Å². The number of rotatable bonds is 4. The first-order chi connectivity index (χ1) is 8.69. The van der Waals surface area contributed by atoms with Gasteiger partial charge in [0.15, 0.2) is 5.69 Å². The highest BCUT2D eigenvalue weighted by Gasteiger charge is 2.22. The van der Waals surface area contributed by atoms with Gasteiger partial charge in [-0.1, -0.05) is 31.5 Å². The zero-order valence-electron chi connectivity index (χ0n) is 10.8. The molecule has 5 heteroatoms. The predicted octanol–water partition coefficient (Wildman–Crippen LogP) is 3.52. The van der Waals surface area contributed by atoms with Crippen molar-refractivity contribution in [1.82, 2.24) is 4.98 Å². The lowest BCUT2D eigenvalue weighted by atomic mass is 9.91. The average Bonchev–Trinajstić information content (AvgIpc) is 2.78. The quantitative estimate of drug-likeness (QED) is 0.783. The van der Waals surface area contributed by atoms with Crippen molar-refractivity contribution in [3.8, 4) is 0 Å². The van der Waals surface area contributed by atoms with Crippen molar-refractivity contribution in [2.24, 2.45) is 5.92 Å². The fourth-order valence-corrected chi connectivity index (χ4v) is 3.49. The molecule has 1 aliphatic rings. The van der Waals surface area contributed by atoms with Crippen molar-refractivity contribution in [2.45, 2.75) is 50.0 Å². The van der Waals surface area contributed by atoms with Crippen LogP contribution < -0.4 is 0 Å². The highest BCUT2D eigenvalue weighted by molar-refractivity contribution is 7.99. The fraction of sp³-hybridized carbons (Fsp3) is 0.692. The van der Waals surface area contributed by atoms with Crippen molar-refractivity contribution in [1.29, 1.82) is 0 Å². The van der Waals surface area contributed by atoms with Crippen molar-refractivity contribution in [3.63, 3.8) is 0 Å². The Morgan fingerprint density at radius 3 is 3.17 bits per heavy atom. The van der Waals surface area contributed by atoms with Gasteiger partial charge < -0.3 is 9.15 Å². The Bertz CT molecular complexity index is 405. The van der Waals surface area contributed by atoms with Gasteiger partial charge in [-0.3, -0.25) is 0 Å². The van der Waals surface area contributed by atoms with Gasteiger partial charge >= 0.3 is 5.97 Å². The first-order valence-corrected chi connectivity index (χ1v) is 7.36. The number of hydrogen-bond acceptors (Lipinski definition) is 5. The number of ether oxygens (including phenoxy) is 1. The van der Waals surface area contributed by atoms with Gasteiger partial charge in [-0.25, -0.2) is 4.79 Å². The number of esters is 1. The molecule has 0 aliphatic heterocycles. The van der Waals surface area contributed by atoms with Crippen molar-refractivity contribution >= 4 is 17.7 Å². The summed E-state index contributed by atoms with van der Waals surface area (Å²) in [6.45, 7) is 4.41. The standard InChI is InChI=1S/C13H19NO3S/c1-3-16-12(15)11-8-17-13(14-11)18-10-6-4-5-9(2)7-10/h8-10H,3-7H2,1-2H3. The second kappa shape index (κ2) is 6.27. The lowest BCUT2D eigenvalue weighted by molar-refractivity contribution is 0.0519. The smallest absolute Gasteiger partial charge is 0.360 e. The normalized spacial score (nSPS) is 23.9. The summed E-state index contributed by atoms with van der Waals surface area (Å²) < 4.78 is 10.2. The molecule has 0 radical (unpaired) electrons. The number of aromatic nitrogens is 1. The lowest BCUT2D eigenvalue weighted by Gasteiger charge is -2.24. The molecule has 2 atom stereocenters. The molecule has 4 nitrogen and oxygen atoms in total. The average molecular weight is 269 g/mol. The second-order valence-electron chi connectivity index (χ2n) is 4.73. The Labute approximate surface area is 111 Å². The monoisotopic (exact) mass is 269 g/mol. The third kappa shape index (κ3) is 3.51. The Hall–Kier alpha value is -0.970. The molecule has 0 N–H and O–H groups in total. The molecule has 1 aromatic rings. The van der Waals surface area contributed by atoms with Crippen LogP contribution >= 0.6 is 11.8 Å². The molecule has 18 heavy (non-hydrogen) atoms. The molecule has 1 aromatic heterocycles. The Morgan fingerprint density at radius 2 is 2.44 bits per heavy atom. The van der Waals surface area contributed by atoms with Gasteiger partial charge in [0.2, 0.25) is 0 Å². The summed E-state index contributed by atoms with van der Waals surface area (Å²) in [6, 6.07) is 0. The molecule has 0 aromatic carbocycles. The Kier molecular flexibility index (Phi) is 4.69. The predicted molar refractivity (Wildman–Crippen MR) is 69.7 cm³/mol. The zero-order chi connectivity index (χ0) is 13.0. The molecular weight excluding hydrogens is 250 g/mol. The second-order valence-corrected chi connectivity index (χ2v) is 5.98. The molecule has 0 amide bonds. The van der Waals surface area contributed by atoms with E-state index in [1.165, 1.54) is 31.9 Å². The van der Waals surface area contributed by atoms with Crippen LogP contribution in [0.5, 0.6) is 0 Å². The third-order valence-corrected chi connectivity index (χ3v) is 4.27. The van der Waals surface area contributed by atoms with E-state index in [2.05, 4.69) is 11.9 Å². The maximum absolute atomic E-state index is 11.4. The van der Waals surface area contributed by atoms with E-state index < -0.39 is 5.97 Å². The maximum Gasteiger partial charge on any atom is 0.360 e. The van der Waals surface area contributed by atoms with Crippen LogP contribution in [0.1, 0.15) is 50.0 Å². The number of thioether (sulfide) groups is 1. The highest BCUT2D eigenvalue weighted by Crippen LogP contribution is 2.35. The van der Waals surface area contributed by atoms with Gasteiger partial charge in [0.05, 0.1) is 6.61 Å². The Balaban J connectivity index is 1.91. The van der Waals surface area contributed by atoms with Gasteiger partial charge in [0.25, 0.3) is 5.22 Å². The van der Waals surface area contributed by atoms with Crippen LogP contribution in [0, 0.1) is 5.92 Å². The third-order valence-electron chi connectivity index (χ3n) is 3.12. The van der Waals surface area contributed by atoms with Crippen LogP contribution in [0.25, 0.3) is 0 Å². The van der Waals surface area contributed by atoms with Crippen LogP contribution in [0.3, 0.4) is 0 Å². The summed E-state index contributed by atoms with van der Waals surface area (Å²) in [5.74, 6) is 0.362. The van der Waals surface area contributed by atoms with E-state index in [1.807, 2.05) is 0 Å². The minimum absolute atomic E-state index is 0.267. The first-order valence-electron chi connectivity index (χ1n) is 6.48. The first kappa shape index (κ1) is 13.5. The van der Waals surface area contributed by atoms with Crippen LogP contribution in [0.2, 0.25) is 0 Å². The van der Waals surface area contributed by atoms with Crippen LogP contribution in [-0.4, -0.2) is 22.8 Å². The summed E-state index contributed by atoms with van der Waals surface area (Å²) in [5.41, 5.74) is 0.267. The van der Waals surface area contributed by atoms with E-state index in [0.717, 1.165) is 5.92 Å². The Morgan fingerprint density at radius 1 is 1.61 bits per heavy atom. The number of carbonyl (C=O) groups is 1. The number of nitrogens with zero attached hydrogens (tertiary/aromatic N) is 1. The van der Waals surface area contributed by atoms with E-state index in [9.17, 15) is 4.79 Å². The molecular formula is C13H19NO3S. The molecule has 0 bridgehead atoms. The van der Waals surface area contributed by atoms with Crippen molar-refractivity contribution < 1.29 is 13.9 Å². The van der Waals surface area contributed by atoms with E-state index >= 15 is 0 Å². The fourth-order valence-electron chi connectivity index (χ4n) is 2.24. The number of hydrogen-bond donors (Lipinski definition) is 0. The van der Waals surface area contributed by atoms with E-state index in [1.54, 1.807) is 18.7 Å². The number of carbonyl (C=O) groups excluding carboxylic acids is 1. The highest BCUT2D eigenvalue weighted by atomic mass is 32.2. The largest absolute Gasteiger partial charge is 0.461 e. The van der Waals surface area contributed by atoms with Crippen molar-refractivity contribution in [2.75, 3.05) is 6.61 Å². The zero-order valence-corrected chi connectivity index (χ0v) is 11.7. The summed E-state index contributed by atoms with van der Waals surface area (Å²) in [4.78, 5) is 15.6. The molecule has 1 saturated carbocycles.